The van der Waals surface area contributed by atoms with E-state index in [1.54, 1.807) is 0 Å². The van der Waals surface area contributed by atoms with Gasteiger partial charge in [0.25, 0.3) is 0 Å². The number of aryl methyl sites for hydroxylation is 3. The fourth-order valence-corrected chi connectivity index (χ4v) is 5.31. The Morgan fingerprint density at radius 1 is 0.731 bits per heavy atom. The van der Waals surface area contributed by atoms with Gasteiger partial charge >= 0.3 is 0 Å². The number of thioether (sulfide) groups is 1. The van der Waals surface area contributed by atoms with Crippen LogP contribution in [0.4, 0.5) is 0 Å². The topological polar surface area (TPSA) is 0 Å². The van der Waals surface area contributed by atoms with E-state index in [0.717, 1.165) is 0 Å². The first-order chi connectivity index (χ1) is 12.7. The van der Waals surface area contributed by atoms with E-state index in [-0.39, 0.29) is 0 Å². The fourth-order valence-electron chi connectivity index (χ4n) is 4.30. The highest BCUT2D eigenvalue weighted by molar-refractivity contribution is 7.99. The van der Waals surface area contributed by atoms with Crippen molar-refractivity contribution in [2.24, 2.45) is 0 Å². The van der Waals surface area contributed by atoms with Gasteiger partial charge in [0.2, 0.25) is 0 Å². The zero-order valence-corrected chi connectivity index (χ0v) is 17.2. The highest BCUT2D eigenvalue weighted by Gasteiger charge is 2.16. The van der Waals surface area contributed by atoms with Crippen LogP contribution in [-0.4, -0.2) is 5.75 Å². The van der Waals surface area contributed by atoms with E-state index in [4.69, 9.17) is 0 Å². The number of benzene rings is 4. The molecule has 0 saturated heterocycles. The molecule has 0 radical (unpaired) electrons. The lowest BCUT2D eigenvalue weighted by atomic mass is 9.87. The number of hydrogen-bond acceptors (Lipinski definition) is 1. The molecule has 0 unspecified atom stereocenters. The molecule has 0 aliphatic rings. The van der Waals surface area contributed by atoms with Crippen LogP contribution >= 0.6 is 11.8 Å². The molecular weight excluding hydrogens is 332 g/mol. The summed E-state index contributed by atoms with van der Waals surface area (Å²) >= 11 is 2.01. The summed E-state index contributed by atoms with van der Waals surface area (Å²) in [6.07, 6.45) is 4.91. The Bertz CT molecular complexity index is 987. The molecule has 0 aliphatic heterocycles. The van der Waals surface area contributed by atoms with Crippen molar-refractivity contribution in [3.8, 4) is 0 Å². The van der Waals surface area contributed by atoms with Crippen LogP contribution in [0.1, 0.15) is 49.8 Å². The lowest BCUT2D eigenvalue weighted by Crippen LogP contribution is -1.95. The second kappa shape index (κ2) is 7.12. The first-order valence-electron chi connectivity index (χ1n) is 9.99. The molecule has 0 aliphatic carbocycles. The maximum atomic E-state index is 2.43. The van der Waals surface area contributed by atoms with E-state index in [0.29, 0.717) is 0 Å². The molecular formula is C25H28S. The van der Waals surface area contributed by atoms with E-state index in [2.05, 4.69) is 64.1 Å². The van der Waals surface area contributed by atoms with Gasteiger partial charge in [0, 0.05) is 4.90 Å². The van der Waals surface area contributed by atoms with Gasteiger partial charge in [-0.05, 0) is 93.9 Å². The van der Waals surface area contributed by atoms with Crippen LogP contribution in [0.2, 0.25) is 0 Å². The SMILES string of the molecule is CCCCc1cc(C)c2ccc3c(C)cc(SCCC)c4ccc1c2c34. The minimum absolute atomic E-state index is 1.18. The predicted octanol–water partition coefficient (Wildman–Crippen LogP) is 8.05. The van der Waals surface area contributed by atoms with Crippen LogP contribution in [0.15, 0.2) is 41.3 Å². The molecule has 0 bridgehead atoms. The Morgan fingerprint density at radius 3 is 2.04 bits per heavy atom. The van der Waals surface area contributed by atoms with Gasteiger partial charge in [-0.3, -0.25) is 0 Å². The molecule has 4 aromatic carbocycles. The lowest BCUT2D eigenvalue weighted by molar-refractivity contribution is 0.799. The zero-order valence-electron chi connectivity index (χ0n) is 16.4. The Hall–Kier alpha value is -1.73. The van der Waals surface area contributed by atoms with Crippen molar-refractivity contribution < 1.29 is 0 Å². The molecule has 26 heavy (non-hydrogen) atoms. The monoisotopic (exact) mass is 360 g/mol. The third-order valence-corrected chi connectivity index (χ3v) is 6.88. The maximum Gasteiger partial charge on any atom is 0.0154 e. The van der Waals surface area contributed by atoms with Crippen molar-refractivity contribution in [1.29, 1.82) is 0 Å². The normalized spacial score (nSPS) is 12.0. The third-order valence-electron chi connectivity index (χ3n) is 5.62. The second-order valence-corrected chi connectivity index (χ2v) is 8.70. The van der Waals surface area contributed by atoms with E-state index < -0.39 is 0 Å². The summed E-state index contributed by atoms with van der Waals surface area (Å²) in [5.41, 5.74) is 4.35. The van der Waals surface area contributed by atoms with Crippen molar-refractivity contribution in [2.75, 3.05) is 5.75 Å². The van der Waals surface area contributed by atoms with Crippen molar-refractivity contribution in [1.82, 2.24) is 0 Å². The molecule has 4 rings (SSSR count). The summed E-state index contributed by atoms with van der Waals surface area (Å²) in [4.78, 5) is 1.45. The van der Waals surface area contributed by atoms with Crippen LogP contribution < -0.4 is 0 Å². The third kappa shape index (κ3) is 2.77. The van der Waals surface area contributed by atoms with Gasteiger partial charge in [0.1, 0.15) is 0 Å². The zero-order chi connectivity index (χ0) is 18.3. The minimum Gasteiger partial charge on any atom is -0.126 e. The highest BCUT2D eigenvalue weighted by Crippen LogP contribution is 2.42. The van der Waals surface area contributed by atoms with Gasteiger partial charge in [-0.25, -0.2) is 0 Å². The van der Waals surface area contributed by atoms with Crippen molar-refractivity contribution >= 4 is 44.1 Å². The van der Waals surface area contributed by atoms with Gasteiger partial charge in [-0.1, -0.05) is 50.6 Å². The Labute approximate surface area is 161 Å². The molecule has 134 valence electrons. The molecule has 0 aromatic heterocycles. The molecule has 0 fully saturated rings. The Morgan fingerprint density at radius 2 is 1.35 bits per heavy atom. The number of rotatable bonds is 6. The average Bonchev–Trinajstić information content (AvgIpc) is 2.65. The van der Waals surface area contributed by atoms with Crippen molar-refractivity contribution in [3.05, 3.63) is 53.1 Å². The second-order valence-electron chi connectivity index (χ2n) is 7.57. The summed E-state index contributed by atoms with van der Waals surface area (Å²) in [5.74, 6) is 1.18. The van der Waals surface area contributed by atoms with Crippen LogP contribution in [0, 0.1) is 13.8 Å². The standard InChI is InChI=1S/C25H28S/c1-5-7-8-18-14-16(3)19-9-10-20-17(4)15-23(26-13-6-2)22-12-11-21(18)24(19)25(20)22/h9-12,14-15H,5-8,13H2,1-4H3. The predicted molar refractivity (Wildman–Crippen MR) is 119 cm³/mol. The highest BCUT2D eigenvalue weighted by atomic mass is 32.2. The Kier molecular flexibility index (Phi) is 4.84. The van der Waals surface area contributed by atoms with Crippen molar-refractivity contribution in [3.63, 3.8) is 0 Å². The molecule has 0 heterocycles. The van der Waals surface area contributed by atoms with E-state index in [1.807, 2.05) is 11.8 Å². The minimum atomic E-state index is 1.18. The van der Waals surface area contributed by atoms with Crippen LogP contribution in [-0.2, 0) is 6.42 Å². The van der Waals surface area contributed by atoms with Gasteiger partial charge in [-0.2, -0.15) is 0 Å². The first kappa shape index (κ1) is 17.7. The first-order valence-corrected chi connectivity index (χ1v) is 11.0. The lowest BCUT2D eigenvalue weighted by Gasteiger charge is -2.19. The molecule has 1 heteroatoms. The Balaban J connectivity index is 2.11. The van der Waals surface area contributed by atoms with Gasteiger partial charge in [0.05, 0.1) is 0 Å². The van der Waals surface area contributed by atoms with E-state index in [9.17, 15) is 0 Å². The average molecular weight is 361 g/mol. The van der Waals surface area contributed by atoms with Crippen LogP contribution in [0.5, 0.6) is 0 Å². The molecule has 0 saturated carbocycles. The molecule has 0 N–H and O–H groups in total. The summed E-state index contributed by atoms with van der Waals surface area (Å²) in [7, 11) is 0. The van der Waals surface area contributed by atoms with E-state index >= 15 is 0 Å². The molecule has 0 nitrogen and oxygen atoms in total. The molecule has 0 atom stereocenters. The summed E-state index contributed by atoms with van der Waals surface area (Å²) in [5, 5.41) is 8.73. The van der Waals surface area contributed by atoms with Gasteiger partial charge in [0.15, 0.2) is 0 Å². The van der Waals surface area contributed by atoms with Gasteiger partial charge < -0.3 is 0 Å². The van der Waals surface area contributed by atoms with Crippen LogP contribution in [0.25, 0.3) is 32.3 Å². The van der Waals surface area contributed by atoms with Crippen LogP contribution in [0.3, 0.4) is 0 Å². The quantitative estimate of drug-likeness (QED) is 0.247. The van der Waals surface area contributed by atoms with Crippen molar-refractivity contribution in [2.45, 2.75) is 58.3 Å². The summed E-state index contributed by atoms with van der Waals surface area (Å²) < 4.78 is 0. The largest absolute Gasteiger partial charge is 0.126 e. The fraction of sp³-hybridized carbons (Fsp3) is 0.360. The summed E-state index contributed by atoms with van der Waals surface area (Å²) in [6.45, 7) is 9.09. The number of unbranched alkanes of at least 4 members (excludes halogenated alkanes) is 1. The van der Waals surface area contributed by atoms with E-state index in [1.165, 1.54) is 85.3 Å². The molecule has 0 spiro atoms. The smallest absolute Gasteiger partial charge is 0.0154 e. The summed E-state index contributed by atoms with van der Waals surface area (Å²) in [6, 6.07) is 14.3. The molecule has 0 amide bonds. The molecule has 4 aromatic rings. The van der Waals surface area contributed by atoms with Gasteiger partial charge in [-0.15, -0.1) is 11.8 Å². The number of hydrogen-bond donors (Lipinski definition) is 0. The maximum absolute atomic E-state index is 2.43.